The van der Waals surface area contributed by atoms with Crippen molar-refractivity contribution < 1.29 is 8.42 Å². The number of aromatic nitrogens is 2. The molecule has 0 amide bonds. The van der Waals surface area contributed by atoms with Crippen molar-refractivity contribution in [3.8, 4) is 0 Å². The summed E-state index contributed by atoms with van der Waals surface area (Å²) < 4.78 is 29.0. The van der Waals surface area contributed by atoms with Gasteiger partial charge in [0.2, 0.25) is 10.0 Å². The van der Waals surface area contributed by atoms with Gasteiger partial charge in [-0.15, -0.1) is 0 Å². The summed E-state index contributed by atoms with van der Waals surface area (Å²) >= 11 is 6.08. The number of nitrogens with zero attached hydrogens (tertiary/aromatic N) is 4. The van der Waals surface area contributed by atoms with E-state index in [1.54, 1.807) is 10.4 Å². The number of benzene rings is 3. The molecule has 5 rings (SSSR count). The number of hydrogen-bond donors (Lipinski definition) is 0. The van der Waals surface area contributed by atoms with Gasteiger partial charge < -0.3 is 4.90 Å². The average molecular weight is 521 g/mol. The molecule has 0 aliphatic carbocycles. The highest BCUT2D eigenvalue weighted by Gasteiger charge is 2.29. The third kappa shape index (κ3) is 4.96. The largest absolute Gasteiger partial charge is 0.355 e. The van der Waals surface area contributed by atoms with Gasteiger partial charge in [0, 0.05) is 54.3 Å². The first-order valence-corrected chi connectivity index (χ1v) is 14.0. The maximum absolute atomic E-state index is 13.7. The predicted octanol–water partition coefficient (Wildman–Crippen LogP) is 5.39. The van der Waals surface area contributed by atoms with Gasteiger partial charge in [-0.1, -0.05) is 60.1 Å². The van der Waals surface area contributed by atoms with Crippen molar-refractivity contribution >= 4 is 38.2 Å². The summed E-state index contributed by atoms with van der Waals surface area (Å²) in [6.45, 7) is 6.07. The fourth-order valence-electron chi connectivity index (χ4n) is 4.90. The molecule has 8 heteroatoms. The Labute approximate surface area is 217 Å². The van der Waals surface area contributed by atoms with Gasteiger partial charge in [-0.05, 0) is 49.4 Å². The Kier molecular flexibility index (Phi) is 6.97. The molecule has 1 aliphatic rings. The van der Waals surface area contributed by atoms with Crippen LogP contribution in [0, 0.1) is 13.8 Å². The zero-order chi connectivity index (χ0) is 25.3. The Balaban J connectivity index is 1.43. The standard InChI is InChI=1S/C28H29ClN4O2S/c1-20-26(19-22-11-13-24(29)14-12-22)28(31-21(2)30-20)32-15-6-16-33(18-17-32)36(34,35)27-10-5-8-23-7-3-4-9-25(23)27/h3-5,7-14H,6,15-19H2,1-2H3. The minimum Gasteiger partial charge on any atom is -0.355 e. The Bertz CT molecular complexity index is 1500. The molecule has 36 heavy (non-hydrogen) atoms. The Morgan fingerprint density at radius 2 is 1.61 bits per heavy atom. The van der Waals surface area contributed by atoms with Crippen LogP contribution in [-0.4, -0.2) is 48.9 Å². The van der Waals surface area contributed by atoms with E-state index in [4.69, 9.17) is 16.6 Å². The lowest BCUT2D eigenvalue weighted by atomic mass is 10.0. The van der Waals surface area contributed by atoms with Gasteiger partial charge in [0.25, 0.3) is 0 Å². The second-order valence-corrected chi connectivity index (χ2v) is 11.5. The predicted molar refractivity (Wildman–Crippen MR) is 145 cm³/mol. The van der Waals surface area contributed by atoms with E-state index in [1.165, 1.54) is 0 Å². The fourth-order valence-corrected chi connectivity index (χ4v) is 6.71. The normalized spacial score (nSPS) is 15.2. The van der Waals surface area contributed by atoms with Crippen LogP contribution in [0.1, 0.15) is 29.1 Å². The molecule has 3 aromatic carbocycles. The van der Waals surface area contributed by atoms with Gasteiger partial charge in [0.15, 0.2) is 0 Å². The van der Waals surface area contributed by atoms with Crippen LogP contribution in [0.2, 0.25) is 5.02 Å². The lowest BCUT2D eigenvalue weighted by Crippen LogP contribution is -2.36. The van der Waals surface area contributed by atoms with Crippen LogP contribution in [0.3, 0.4) is 0 Å². The quantitative estimate of drug-likeness (QED) is 0.353. The molecule has 2 heterocycles. The number of halogens is 1. The first-order chi connectivity index (χ1) is 17.3. The van der Waals surface area contributed by atoms with Crippen LogP contribution in [0.25, 0.3) is 10.8 Å². The van der Waals surface area contributed by atoms with E-state index in [9.17, 15) is 8.42 Å². The molecule has 6 nitrogen and oxygen atoms in total. The van der Waals surface area contributed by atoms with Gasteiger partial charge in [-0.25, -0.2) is 18.4 Å². The first-order valence-electron chi connectivity index (χ1n) is 12.1. The summed E-state index contributed by atoms with van der Waals surface area (Å²) in [5, 5.41) is 2.39. The number of sulfonamides is 1. The summed E-state index contributed by atoms with van der Waals surface area (Å²) in [5.41, 5.74) is 3.14. The van der Waals surface area contributed by atoms with Crippen molar-refractivity contribution in [2.75, 3.05) is 31.1 Å². The third-order valence-corrected chi connectivity index (χ3v) is 8.93. The maximum Gasteiger partial charge on any atom is 0.243 e. The second kappa shape index (κ2) is 10.2. The van der Waals surface area contributed by atoms with Crippen molar-refractivity contribution in [2.24, 2.45) is 0 Å². The van der Waals surface area contributed by atoms with Crippen molar-refractivity contribution in [3.05, 3.63) is 94.4 Å². The minimum atomic E-state index is -3.64. The highest BCUT2D eigenvalue weighted by Crippen LogP contribution is 2.29. The Morgan fingerprint density at radius 3 is 2.42 bits per heavy atom. The smallest absolute Gasteiger partial charge is 0.243 e. The molecule has 0 N–H and O–H groups in total. The number of fused-ring (bicyclic) bond motifs is 1. The van der Waals surface area contributed by atoms with E-state index in [-0.39, 0.29) is 0 Å². The molecule has 0 unspecified atom stereocenters. The minimum absolute atomic E-state index is 0.367. The van der Waals surface area contributed by atoms with E-state index in [0.29, 0.717) is 48.2 Å². The summed E-state index contributed by atoms with van der Waals surface area (Å²) in [4.78, 5) is 12.0. The van der Waals surface area contributed by atoms with Gasteiger partial charge >= 0.3 is 0 Å². The molecule has 1 aromatic heterocycles. The molecule has 0 spiro atoms. The lowest BCUT2D eigenvalue weighted by molar-refractivity contribution is 0.433. The van der Waals surface area contributed by atoms with Gasteiger partial charge in [-0.2, -0.15) is 4.31 Å². The topological polar surface area (TPSA) is 66.4 Å². The Hall–Kier alpha value is -3.00. The van der Waals surface area contributed by atoms with Crippen LogP contribution in [0.15, 0.2) is 71.6 Å². The highest BCUT2D eigenvalue weighted by molar-refractivity contribution is 7.89. The van der Waals surface area contributed by atoms with Crippen LogP contribution >= 0.6 is 11.6 Å². The second-order valence-electron chi connectivity index (χ2n) is 9.18. The molecule has 1 saturated heterocycles. The number of rotatable bonds is 5. The molecule has 4 aromatic rings. The fraction of sp³-hybridized carbons (Fsp3) is 0.286. The van der Waals surface area contributed by atoms with Gasteiger partial charge in [-0.3, -0.25) is 0 Å². The number of aryl methyl sites for hydroxylation is 2. The Morgan fingerprint density at radius 1 is 0.861 bits per heavy atom. The van der Waals surface area contributed by atoms with Crippen LogP contribution in [-0.2, 0) is 16.4 Å². The number of hydrogen-bond acceptors (Lipinski definition) is 5. The van der Waals surface area contributed by atoms with E-state index in [0.717, 1.165) is 40.0 Å². The summed E-state index contributed by atoms with van der Waals surface area (Å²) in [5.74, 6) is 1.60. The molecule has 0 atom stereocenters. The molecule has 0 saturated carbocycles. The van der Waals surface area contributed by atoms with E-state index in [1.807, 2.05) is 74.5 Å². The van der Waals surface area contributed by atoms with E-state index < -0.39 is 10.0 Å². The van der Waals surface area contributed by atoms with Crippen LogP contribution in [0.5, 0.6) is 0 Å². The maximum atomic E-state index is 13.7. The summed E-state index contributed by atoms with van der Waals surface area (Å²) in [6.07, 6.45) is 1.40. The molecular formula is C28H29ClN4O2S. The van der Waals surface area contributed by atoms with Gasteiger partial charge in [0.05, 0.1) is 4.90 Å². The zero-order valence-electron chi connectivity index (χ0n) is 20.5. The van der Waals surface area contributed by atoms with Crippen LogP contribution < -0.4 is 4.90 Å². The SMILES string of the molecule is Cc1nc(C)c(Cc2ccc(Cl)cc2)c(N2CCCN(S(=O)(=O)c3cccc4ccccc34)CC2)n1. The van der Waals surface area contributed by atoms with Crippen molar-refractivity contribution in [1.29, 1.82) is 0 Å². The molecule has 186 valence electrons. The average Bonchev–Trinajstić information content (AvgIpc) is 3.13. The van der Waals surface area contributed by atoms with Crippen molar-refractivity contribution in [1.82, 2.24) is 14.3 Å². The van der Waals surface area contributed by atoms with Crippen molar-refractivity contribution in [3.63, 3.8) is 0 Å². The molecule has 0 radical (unpaired) electrons. The van der Waals surface area contributed by atoms with E-state index >= 15 is 0 Å². The van der Waals surface area contributed by atoms with E-state index in [2.05, 4.69) is 9.88 Å². The summed E-state index contributed by atoms with van der Waals surface area (Å²) in [7, 11) is -3.64. The van der Waals surface area contributed by atoms with Crippen LogP contribution in [0.4, 0.5) is 5.82 Å². The van der Waals surface area contributed by atoms with Crippen molar-refractivity contribution in [2.45, 2.75) is 31.6 Å². The third-order valence-electron chi connectivity index (χ3n) is 6.72. The van der Waals surface area contributed by atoms with Gasteiger partial charge in [0.1, 0.15) is 11.6 Å². The summed E-state index contributed by atoms with van der Waals surface area (Å²) in [6, 6.07) is 20.9. The first kappa shape index (κ1) is 24.7. The molecule has 1 aliphatic heterocycles. The molecule has 0 bridgehead atoms. The zero-order valence-corrected chi connectivity index (χ0v) is 22.1. The number of anilines is 1. The monoisotopic (exact) mass is 520 g/mol. The lowest BCUT2D eigenvalue weighted by Gasteiger charge is -2.26. The highest BCUT2D eigenvalue weighted by atomic mass is 35.5. The molecule has 1 fully saturated rings. The molecular weight excluding hydrogens is 492 g/mol.